The van der Waals surface area contributed by atoms with Crippen molar-refractivity contribution in [3.05, 3.63) is 40.3 Å². The van der Waals surface area contributed by atoms with Gasteiger partial charge in [0.25, 0.3) is 0 Å². The largest absolute Gasteiger partial charge is 0.267 e. The number of nitrogens with one attached hydrogen (secondary N) is 1. The lowest BCUT2D eigenvalue weighted by Crippen LogP contribution is -1.96. The maximum absolute atomic E-state index is 5.12. The Morgan fingerprint density at radius 2 is 1.80 bits per heavy atom. The fourth-order valence-electron chi connectivity index (χ4n) is 1.41. The first-order chi connectivity index (χ1) is 7.20. The molecule has 15 heavy (non-hydrogen) atoms. The van der Waals surface area contributed by atoms with E-state index in [0.717, 1.165) is 22.4 Å². The SMILES string of the molecule is Cc1c(-c2ccncc2)n[nH]c(=S)c1C. The van der Waals surface area contributed by atoms with Crippen LogP contribution in [-0.4, -0.2) is 15.2 Å². The van der Waals surface area contributed by atoms with Crippen molar-refractivity contribution < 1.29 is 0 Å². The normalized spacial score (nSPS) is 10.3. The zero-order valence-corrected chi connectivity index (χ0v) is 9.43. The maximum Gasteiger partial charge on any atom is 0.122 e. The van der Waals surface area contributed by atoms with Crippen molar-refractivity contribution in [2.45, 2.75) is 13.8 Å². The Hall–Kier alpha value is -1.55. The summed E-state index contributed by atoms with van der Waals surface area (Å²) in [7, 11) is 0. The number of H-pyrrole nitrogens is 1. The van der Waals surface area contributed by atoms with Crippen molar-refractivity contribution in [1.29, 1.82) is 0 Å². The van der Waals surface area contributed by atoms with E-state index in [1.165, 1.54) is 0 Å². The molecule has 1 N–H and O–H groups in total. The third-order valence-corrected chi connectivity index (χ3v) is 2.88. The van der Waals surface area contributed by atoms with E-state index in [9.17, 15) is 0 Å². The third-order valence-electron chi connectivity index (χ3n) is 2.48. The summed E-state index contributed by atoms with van der Waals surface area (Å²) < 4.78 is 0.699. The fourth-order valence-corrected chi connectivity index (χ4v) is 1.61. The van der Waals surface area contributed by atoms with Gasteiger partial charge >= 0.3 is 0 Å². The monoisotopic (exact) mass is 217 g/mol. The number of pyridine rings is 1. The van der Waals surface area contributed by atoms with Gasteiger partial charge in [-0.2, -0.15) is 5.10 Å². The quantitative estimate of drug-likeness (QED) is 0.747. The van der Waals surface area contributed by atoms with Gasteiger partial charge in [0.2, 0.25) is 0 Å². The Bertz CT molecular complexity index is 531. The Kier molecular flexibility index (Phi) is 2.60. The zero-order chi connectivity index (χ0) is 10.8. The number of hydrogen-bond donors (Lipinski definition) is 1. The smallest absolute Gasteiger partial charge is 0.122 e. The van der Waals surface area contributed by atoms with Crippen LogP contribution in [-0.2, 0) is 0 Å². The van der Waals surface area contributed by atoms with E-state index in [1.54, 1.807) is 12.4 Å². The van der Waals surface area contributed by atoms with Gasteiger partial charge in [-0.25, -0.2) is 0 Å². The predicted molar refractivity (Wildman–Crippen MR) is 62.1 cm³/mol. The van der Waals surface area contributed by atoms with Gasteiger partial charge < -0.3 is 0 Å². The molecule has 0 spiro atoms. The van der Waals surface area contributed by atoms with Crippen LogP contribution in [0.1, 0.15) is 11.1 Å². The molecule has 0 radical (unpaired) electrons. The molecule has 0 aliphatic carbocycles. The van der Waals surface area contributed by atoms with Crippen LogP contribution >= 0.6 is 12.2 Å². The minimum Gasteiger partial charge on any atom is -0.267 e. The standard InChI is InChI=1S/C11H11N3S/c1-7-8(2)11(15)14-13-10(7)9-3-5-12-6-4-9/h3-6H,1-2H3,(H,14,15). The lowest BCUT2D eigenvalue weighted by molar-refractivity contribution is 0.986. The average molecular weight is 217 g/mol. The van der Waals surface area contributed by atoms with E-state index < -0.39 is 0 Å². The van der Waals surface area contributed by atoms with Gasteiger partial charge in [0.15, 0.2) is 0 Å². The Morgan fingerprint density at radius 3 is 2.47 bits per heavy atom. The van der Waals surface area contributed by atoms with Crippen LogP contribution in [0.15, 0.2) is 24.5 Å². The van der Waals surface area contributed by atoms with Crippen molar-refractivity contribution in [2.75, 3.05) is 0 Å². The molecule has 0 aliphatic heterocycles. The zero-order valence-electron chi connectivity index (χ0n) is 8.61. The van der Waals surface area contributed by atoms with Crippen molar-refractivity contribution in [2.24, 2.45) is 0 Å². The minimum atomic E-state index is 0.699. The van der Waals surface area contributed by atoms with E-state index in [4.69, 9.17) is 12.2 Å². The summed E-state index contributed by atoms with van der Waals surface area (Å²) in [6.45, 7) is 4.03. The van der Waals surface area contributed by atoms with Crippen LogP contribution < -0.4 is 0 Å². The van der Waals surface area contributed by atoms with Crippen LogP contribution in [0.4, 0.5) is 0 Å². The average Bonchev–Trinajstić information content (AvgIpc) is 2.27. The Labute approximate surface area is 93.2 Å². The van der Waals surface area contributed by atoms with Gasteiger partial charge in [-0.3, -0.25) is 10.1 Å². The molecule has 0 bridgehead atoms. The summed E-state index contributed by atoms with van der Waals surface area (Å²) in [5.41, 5.74) is 4.18. The highest BCUT2D eigenvalue weighted by Gasteiger charge is 2.06. The third kappa shape index (κ3) is 1.80. The van der Waals surface area contributed by atoms with E-state index in [0.29, 0.717) is 4.64 Å². The molecule has 2 heterocycles. The molecule has 0 aromatic carbocycles. The Morgan fingerprint density at radius 1 is 1.13 bits per heavy atom. The summed E-state index contributed by atoms with van der Waals surface area (Å²) >= 11 is 5.12. The van der Waals surface area contributed by atoms with Gasteiger partial charge in [0.1, 0.15) is 4.64 Å². The molecule has 0 amide bonds. The van der Waals surface area contributed by atoms with Crippen LogP contribution in [0, 0.1) is 18.5 Å². The number of nitrogens with zero attached hydrogens (tertiary/aromatic N) is 2. The molecule has 0 aliphatic rings. The number of aromatic nitrogens is 3. The van der Waals surface area contributed by atoms with Crippen molar-refractivity contribution in [3.8, 4) is 11.3 Å². The van der Waals surface area contributed by atoms with Gasteiger partial charge in [0.05, 0.1) is 5.69 Å². The molecule has 4 heteroatoms. The van der Waals surface area contributed by atoms with Gasteiger partial charge in [0, 0.05) is 18.0 Å². The van der Waals surface area contributed by atoms with Gasteiger partial charge in [-0.1, -0.05) is 12.2 Å². The molecule has 0 saturated heterocycles. The number of rotatable bonds is 1. The highest BCUT2D eigenvalue weighted by atomic mass is 32.1. The van der Waals surface area contributed by atoms with Crippen LogP contribution in [0.5, 0.6) is 0 Å². The second kappa shape index (κ2) is 3.90. The predicted octanol–water partition coefficient (Wildman–Crippen LogP) is 2.82. The van der Waals surface area contributed by atoms with Gasteiger partial charge in [-0.05, 0) is 37.1 Å². The molecule has 2 aromatic rings. The fraction of sp³-hybridized carbons (Fsp3) is 0.182. The second-order valence-corrected chi connectivity index (χ2v) is 3.80. The van der Waals surface area contributed by atoms with E-state index in [1.807, 2.05) is 26.0 Å². The van der Waals surface area contributed by atoms with E-state index >= 15 is 0 Å². The molecular formula is C11H11N3S. The lowest BCUT2D eigenvalue weighted by atomic mass is 10.1. The first kappa shape index (κ1) is 9.98. The van der Waals surface area contributed by atoms with Crippen molar-refractivity contribution in [3.63, 3.8) is 0 Å². The van der Waals surface area contributed by atoms with Crippen LogP contribution in [0.3, 0.4) is 0 Å². The molecule has 0 saturated carbocycles. The molecule has 0 unspecified atom stereocenters. The summed E-state index contributed by atoms with van der Waals surface area (Å²) in [4.78, 5) is 3.98. The maximum atomic E-state index is 5.12. The first-order valence-corrected chi connectivity index (χ1v) is 5.07. The molecule has 0 atom stereocenters. The molecule has 3 nitrogen and oxygen atoms in total. The lowest BCUT2D eigenvalue weighted by Gasteiger charge is -2.06. The summed E-state index contributed by atoms with van der Waals surface area (Å²) in [6, 6.07) is 3.87. The summed E-state index contributed by atoms with van der Waals surface area (Å²) in [6.07, 6.45) is 3.51. The minimum absolute atomic E-state index is 0.699. The Balaban J connectivity index is 2.65. The highest BCUT2D eigenvalue weighted by Crippen LogP contribution is 2.21. The first-order valence-electron chi connectivity index (χ1n) is 4.66. The van der Waals surface area contributed by atoms with Crippen LogP contribution in [0.2, 0.25) is 0 Å². The second-order valence-electron chi connectivity index (χ2n) is 3.39. The molecule has 2 rings (SSSR count). The number of hydrogen-bond acceptors (Lipinski definition) is 3. The van der Waals surface area contributed by atoms with E-state index in [2.05, 4.69) is 15.2 Å². The molecule has 76 valence electrons. The molecule has 0 fully saturated rings. The van der Waals surface area contributed by atoms with Crippen molar-refractivity contribution >= 4 is 12.2 Å². The molecule has 2 aromatic heterocycles. The topological polar surface area (TPSA) is 41.6 Å². The van der Waals surface area contributed by atoms with Crippen LogP contribution in [0.25, 0.3) is 11.3 Å². The summed E-state index contributed by atoms with van der Waals surface area (Å²) in [5.74, 6) is 0. The number of aromatic amines is 1. The van der Waals surface area contributed by atoms with Gasteiger partial charge in [-0.15, -0.1) is 0 Å². The molecular weight excluding hydrogens is 206 g/mol. The highest BCUT2D eigenvalue weighted by molar-refractivity contribution is 7.71. The van der Waals surface area contributed by atoms with E-state index in [-0.39, 0.29) is 0 Å². The van der Waals surface area contributed by atoms with Crippen molar-refractivity contribution in [1.82, 2.24) is 15.2 Å². The summed E-state index contributed by atoms with van der Waals surface area (Å²) in [5, 5.41) is 7.10.